The Balaban J connectivity index is 1.88. The number of nitrogens with two attached hydrogens (primary N) is 1. The van der Waals surface area contributed by atoms with Crippen LogP contribution < -0.4 is 5.73 Å². The third-order valence-electron chi connectivity index (χ3n) is 4.41. The first-order chi connectivity index (χ1) is 10.2. The Bertz CT molecular complexity index is 555. The number of carbonyl (C=O) groups is 2. The van der Waals surface area contributed by atoms with Crippen molar-refractivity contribution in [3.8, 4) is 0 Å². The van der Waals surface area contributed by atoms with Gasteiger partial charge >= 0.3 is 0 Å². The molecule has 1 atom stereocenters. The Morgan fingerprint density at radius 1 is 1.19 bits per heavy atom. The lowest BCUT2D eigenvalue weighted by atomic mass is 9.90. The lowest BCUT2D eigenvalue weighted by Gasteiger charge is -2.38. The molecule has 1 fully saturated rings. The van der Waals surface area contributed by atoms with Gasteiger partial charge in [0, 0.05) is 12.5 Å². The van der Waals surface area contributed by atoms with E-state index in [-0.39, 0.29) is 11.8 Å². The molecule has 112 valence electrons. The van der Waals surface area contributed by atoms with Gasteiger partial charge in [-0.25, -0.2) is 0 Å². The fourth-order valence-corrected chi connectivity index (χ4v) is 4.40. The van der Waals surface area contributed by atoms with Crippen LogP contribution in [-0.4, -0.2) is 34.8 Å². The van der Waals surface area contributed by atoms with E-state index in [1.54, 1.807) is 4.90 Å². The van der Waals surface area contributed by atoms with E-state index in [1.165, 1.54) is 0 Å². The summed E-state index contributed by atoms with van der Waals surface area (Å²) in [6, 6.07) is 7.20. The van der Waals surface area contributed by atoms with Gasteiger partial charge in [-0.1, -0.05) is 24.3 Å². The first-order valence-corrected chi connectivity index (χ1v) is 8.59. The topological polar surface area (TPSA) is 63.4 Å². The lowest BCUT2D eigenvalue weighted by molar-refractivity contribution is -0.143. The largest absolute Gasteiger partial charge is 0.368 e. The van der Waals surface area contributed by atoms with Crippen LogP contribution in [0.25, 0.3) is 0 Å². The van der Waals surface area contributed by atoms with Crippen molar-refractivity contribution >= 4 is 23.6 Å². The molecule has 1 unspecified atom stereocenters. The average Bonchev–Trinajstić information content (AvgIpc) is 2.53. The van der Waals surface area contributed by atoms with Crippen molar-refractivity contribution in [3.63, 3.8) is 0 Å². The number of thioether (sulfide) groups is 1. The second-order valence-electron chi connectivity index (χ2n) is 5.67. The summed E-state index contributed by atoms with van der Waals surface area (Å²) >= 11 is 1.90. The highest BCUT2D eigenvalue weighted by molar-refractivity contribution is 7.99. The molecular formula is C16H20N2O2S. The quantitative estimate of drug-likeness (QED) is 0.905. The molecule has 2 aliphatic heterocycles. The SMILES string of the molecule is NC(=O)C1c2ccccc2CCN1C(=O)C1CCSCC1. The van der Waals surface area contributed by atoms with Crippen LogP contribution in [-0.2, 0) is 16.0 Å². The average molecular weight is 304 g/mol. The molecule has 0 bridgehead atoms. The van der Waals surface area contributed by atoms with E-state index in [0.717, 1.165) is 41.9 Å². The summed E-state index contributed by atoms with van der Waals surface area (Å²) < 4.78 is 0. The fourth-order valence-electron chi connectivity index (χ4n) is 3.29. The lowest BCUT2D eigenvalue weighted by Crippen LogP contribution is -2.48. The maximum absolute atomic E-state index is 12.8. The van der Waals surface area contributed by atoms with Crippen LogP contribution in [0.4, 0.5) is 0 Å². The fraction of sp³-hybridized carbons (Fsp3) is 0.500. The molecule has 4 nitrogen and oxygen atoms in total. The minimum Gasteiger partial charge on any atom is -0.368 e. The Labute approximate surface area is 129 Å². The van der Waals surface area contributed by atoms with Crippen LogP contribution in [0.15, 0.2) is 24.3 Å². The molecule has 1 saturated heterocycles. The van der Waals surface area contributed by atoms with Crippen molar-refractivity contribution in [1.29, 1.82) is 0 Å². The van der Waals surface area contributed by atoms with Gasteiger partial charge in [-0.15, -0.1) is 0 Å². The van der Waals surface area contributed by atoms with Crippen molar-refractivity contribution in [1.82, 2.24) is 4.90 Å². The minimum absolute atomic E-state index is 0.0540. The molecule has 0 spiro atoms. The van der Waals surface area contributed by atoms with Crippen LogP contribution in [0.2, 0.25) is 0 Å². The van der Waals surface area contributed by atoms with E-state index in [2.05, 4.69) is 0 Å². The maximum atomic E-state index is 12.8. The van der Waals surface area contributed by atoms with E-state index >= 15 is 0 Å². The van der Waals surface area contributed by atoms with Crippen molar-refractivity contribution in [2.75, 3.05) is 18.1 Å². The number of fused-ring (bicyclic) bond motifs is 1. The molecule has 0 radical (unpaired) electrons. The summed E-state index contributed by atoms with van der Waals surface area (Å²) in [4.78, 5) is 26.4. The standard InChI is InChI=1S/C16H20N2O2S/c17-15(19)14-13-4-2-1-3-11(13)5-8-18(14)16(20)12-6-9-21-10-7-12/h1-4,12,14H,5-10H2,(H2,17,19). The van der Waals surface area contributed by atoms with Crippen LogP contribution in [0.1, 0.15) is 30.0 Å². The molecule has 2 heterocycles. The molecule has 21 heavy (non-hydrogen) atoms. The van der Waals surface area contributed by atoms with Gasteiger partial charge in [0.1, 0.15) is 6.04 Å². The summed E-state index contributed by atoms with van der Waals surface area (Å²) in [6.45, 7) is 0.590. The number of carbonyl (C=O) groups excluding carboxylic acids is 2. The molecule has 2 amide bonds. The van der Waals surface area contributed by atoms with Crippen LogP contribution in [0.5, 0.6) is 0 Å². The highest BCUT2D eigenvalue weighted by Crippen LogP contribution is 2.33. The predicted octanol–water partition coefficient (Wildman–Crippen LogP) is 1.74. The predicted molar refractivity (Wildman–Crippen MR) is 83.8 cm³/mol. The first kappa shape index (κ1) is 14.4. The number of nitrogens with zero attached hydrogens (tertiary/aromatic N) is 1. The van der Waals surface area contributed by atoms with Crippen molar-refractivity contribution < 1.29 is 9.59 Å². The number of hydrogen-bond donors (Lipinski definition) is 1. The van der Waals surface area contributed by atoms with Gasteiger partial charge in [0.25, 0.3) is 0 Å². The molecule has 1 aromatic carbocycles. The second kappa shape index (κ2) is 6.10. The van der Waals surface area contributed by atoms with Crippen LogP contribution >= 0.6 is 11.8 Å². The van der Waals surface area contributed by atoms with Crippen molar-refractivity contribution in [2.24, 2.45) is 11.7 Å². The molecule has 0 aliphatic carbocycles. The minimum atomic E-state index is -0.600. The summed E-state index contributed by atoms with van der Waals surface area (Å²) in [5, 5.41) is 0. The van der Waals surface area contributed by atoms with Gasteiger partial charge in [0.15, 0.2) is 0 Å². The normalized spacial score (nSPS) is 22.7. The zero-order valence-electron chi connectivity index (χ0n) is 12.0. The van der Waals surface area contributed by atoms with Crippen molar-refractivity contribution in [2.45, 2.75) is 25.3 Å². The zero-order chi connectivity index (χ0) is 14.8. The van der Waals surface area contributed by atoms with Gasteiger partial charge in [-0.05, 0) is 41.9 Å². The number of benzene rings is 1. The van der Waals surface area contributed by atoms with Crippen LogP contribution in [0.3, 0.4) is 0 Å². The third-order valence-corrected chi connectivity index (χ3v) is 5.46. The Morgan fingerprint density at radius 2 is 1.90 bits per heavy atom. The molecule has 0 saturated carbocycles. The summed E-state index contributed by atoms with van der Waals surface area (Å²) in [7, 11) is 0. The highest BCUT2D eigenvalue weighted by Gasteiger charge is 2.37. The Morgan fingerprint density at radius 3 is 2.62 bits per heavy atom. The molecular weight excluding hydrogens is 284 g/mol. The van der Waals surface area contributed by atoms with E-state index in [1.807, 2.05) is 36.0 Å². The van der Waals surface area contributed by atoms with Crippen LogP contribution in [0, 0.1) is 5.92 Å². The molecule has 3 rings (SSSR count). The van der Waals surface area contributed by atoms with E-state index in [0.29, 0.717) is 6.54 Å². The zero-order valence-corrected chi connectivity index (χ0v) is 12.8. The number of amides is 2. The smallest absolute Gasteiger partial charge is 0.244 e. The van der Waals surface area contributed by atoms with E-state index in [4.69, 9.17) is 5.73 Å². The van der Waals surface area contributed by atoms with E-state index in [9.17, 15) is 9.59 Å². The number of primary amides is 1. The van der Waals surface area contributed by atoms with Gasteiger partial charge < -0.3 is 10.6 Å². The summed E-state index contributed by atoms with van der Waals surface area (Å²) in [5.41, 5.74) is 7.63. The second-order valence-corrected chi connectivity index (χ2v) is 6.90. The number of rotatable bonds is 2. The van der Waals surface area contributed by atoms with Gasteiger partial charge in [0.2, 0.25) is 11.8 Å². The third kappa shape index (κ3) is 2.79. The van der Waals surface area contributed by atoms with Gasteiger partial charge in [-0.2, -0.15) is 11.8 Å². The van der Waals surface area contributed by atoms with Crippen molar-refractivity contribution in [3.05, 3.63) is 35.4 Å². The monoisotopic (exact) mass is 304 g/mol. The maximum Gasteiger partial charge on any atom is 0.244 e. The molecule has 0 aromatic heterocycles. The highest BCUT2D eigenvalue weighted by atomic mass is 32.2. The Kier molecular flexibility index (Phi) is 4.19. The summed E-state index contributed by atoms with van der Waals surface area (Å²) in [6.07, 6.45) is 2.62. The molecule has 1 aromatic rings. The van der Waals surface area contributed by atoms with E-state index < -0.39 is 11.9 Å². The number of hydrogen-bond acceptors (Lipinski definition) is 3. The van der Waals surface area contributed by atoms with Gasteiger partial charge in [-0.3, -0.25) is 9.59 Å². The molecule has 2 aliphatic rings. The first-order valence-electron chi connectivity index (χ1n) is 7.44. The molecule has 2 N–H and O–H groups in total. The van der Waals surface area contributed by atoms with Gasteiger partial charge in [0.05, 0.1) is 0 Å². The Hall–Kier alpha value is -1.49. The summed E-state index contributed by atoms with van der Waals surface area (Å²) in [5.74, 6) is 1.79. The molecule has 5 heteroatoms.